The van der Waals surface area contributed by atoms with Crippen molar-refractivity contribution in [3.63, 3.8) is 0 Å². The third-order valence-corrected chi connectivity index (χ3v) is 4.26. The molecular formula is C17H26BrN3O2. The summed E-state index contributed by atoms with van der Waals surface area (Å²) in [4.78, 5) is 4.23. The van der Waals surface area contributed by atoms with E-state index in [4.69, 9.17) is 9.47 Å². The zero-order valence-electron chi connectivity index (χ0n) is 13.7. The average Bonchev–Trinajstić information content (AvgIpc) is 3.08. The van der Waals surface area contributed by atoms with Crippen LogP contribution in [0.2, 0.25) is 0 Å². The van der Waals surface area contributed by atoms with Crippen LogP contribution in [0.15, 0.2) is 33.7 Å². The van der Waals surface area contributed by atoms with Gasteiger partial charge in [-0.3, -0.25) is 4.99 Å². The summed E-state index contributed by atoms with van der Waals surface area (Å²) in [6, 6.07) is 8.26. The monoisotopic (exact) mass is 383 g/mol. The van der Waals surface area contributed by atoms with Crippen molar-refractivity contribution in [2.75, 3.05) is 40.0 Å². The minimum atomic E-state index is 0.586. The zero-order chi connectivity index (χ0) is 16.3. The zero-order valence-corrected chi connectivity index (χ0v) is 15.3. The SMILES string of the molecule is CN=C(NCCCOCC1CCOC1)NCc1ccc(Br)cc1. The van der Waals surface area contributed by atoms with Crippen molar-refractivity contribution in [2.45, 2.75) is 19.4 Å². The van der Waals surface area contributed by atoms with Crippen molar-refractivity contribution in [1.29, 1.82) is 0 Å². The van der Waals surface area contributed by atoms with Crippen LogP contribution >= 0.6 is 15.9 Å². The number of benzene rings is 1. The molecule has 1 aromatic rings. The van der Waals surface area contributed by atoms with Crippen molar-refractivity contribution in [3.8, 4) is 0 Å². The van der Waals surface area contributed by atoms with Gasteiger partial charge in [0.15, 0.2) is 5.96 Å². The molecule has 1 unspecified atom stereocenters. The molecule has 5 nitrogen and oxygen atoms in total. The van der Waals surface area contributed by atoms with Gasteiger partial charge in [0.25, 0.3) is 0 Å². The van der Waals surface area contributed by atoms with Gasteiger partial charge in [-0.05, 0) is 30.5 Å². The first-order valence-electron chi connectivity index (χ1n) is 8.12. The van der Waals surface area contributed by atoms with E-state index in [0.29, 0.717) is 5.92 Å². The van der Waals surface area contributed by atoms with E-state index in [1.165, 1.54) is 5.56 Å². The molecule has 0 aromatic heterocycles. The Balaban J connectivity index is 1.53. The summed E-state index contributed by atoms with van der Waals surface area (Å²) in [5, 5.41) is 6.61. The highest BCUT2D eigenvalue weighted by Gasteiger charge is 2.15. The number of guanidine groups is 1. The lowest BCUT2D eigenvalue weighted by Gasteiger charge is -2.13. The molecule has 1 aliphatic rings. The summed E-state index contributed by atoms with van der Waals surface area (Å²) in [7, 11) is 1.79. The lowest BCUT2D eigenvalue weighted by Crippen LogP contribution is -2.37. The van der Waals surface area contributed by atoms with Gasteiger partial charge in [-0.1, -0.05) is 28.1 Å². The Kier molecular flexibility index (Phi) is 8.42. The minimum Gasteiger partial charge on any atom is -0.381 e. The molecule has 1 heterocycles. The fraction of sp³-hybridized carbons (Fsp3) is 0.588. The lowest BCUT2D eigenvalue weighted by atomic mass is 10.1. The maximum Gasteiger partial charge on any atom is 0.191 e. The van der Waals surface area contributed by atoms with E-state index in [-0.39, 0.29) is 0 Å². The van der Waals surface area contributed by atoms with Crippen LogP contribution in [0.3, 0.4) is 0 Å². The normalized spacial score (nSPS) is 18.2. The van der Waals surface area contributed by atoms with E-state index in [0.717, 1.165) is 62.8 Å². The number of hydrogen-bond acceptors (Lipinski definition) is 3. The van der Waals surface area contributed by atoms with E-state index in [1.54, 1.807) is 7.05 Å². The summed E-state index contributed by atoms with van der Waals surface area (Å²) < 4.78 is 12.1. The molecule has 0 radical (unpaired) electrons. The number of hydrogen-bond donors (Lipinski definition) is 2. The summed E-state index contributed by atoms with van der Waals surface area (Å²) in [6.07, 6.45) is 2.09. The largest absolute Gasteiger partial charge is 0.381 e. The van der Waals surface area contributed by atoms with Crippen molar-refractivity contribution in [3.05, 3.63) is 34.3 Å². The third kappa shape index (κ3) is 7.33. The van der Waals surface area contributed by atoms with E-state index in [2.05, 4.69) is 43.7 Å². The smallest absolute Gasteiger partial charge is 0.191 e. The van der Waals surface area contributed by atoms with Crippen LogP contribution in [0, 0.1) is 5.92 Å². The van der Waals surface area contributed by atoms with Gasteiger partial charge in [0, 0.05) is 43.7 Å². The quantitative estimate of drug-likeness (QED) is 0.411. The molecule has 2 rings (SSSR count). The van der Waals surface area contributed by atoms with Crippen molar-refractivity contribution in [2.24, 2.45) is 10.9 Å². The van der Waals surface area contributed by atoms with Gasteiger partial charge >= 0.3 is 0 Å². The standard InChI is InChI=1S/C17H26BrN3O2/c1-19-17(21-11-14-3-5-16(18)6-4-14)20-8-2-9-22-12-15-7-10-23-13-15/h3-6,15H,2,7-13H2,1H3,(H2,19,20,21). The van der Waals surface area contributed by atoms with Gasteiger partial charge < -0.3 is 20.1 Å². The number of nitrogens with zero attached hydrogens (tertiary/aromatic N) is 1. The number of aliphatic imine (C=N–C) groups is 1. The van der Waals surface area contributed by atoms with E-state index < -0.39 is 0 Å². The van der Waals surface area contributed by atoms with Crippen molar-refractivity contribution in [1.82, 2.24) is 10.6 Å². The molecule has 1 fully saturated rings. The average molecular weight is 384 g/mol. The summed E-state index contributed by atoms with van der Waals surface area (Å²) in [5.74, 6) is 1.40. The second kappa shape index (κ2) is 10.6. The molecule has 6 heteroatoms. The van der Waals surface area contributed by atoms with Gasteiger partial charge in [-0.2, -0.15) is 0 Å². The second-order valence-electron chi connectivity index (χ2n) is 5.64. The molecule has 0 amide bonds. The summed E-state index contributed by atoms with van der Waals surface area (Å²) >= 11 is 3.44. The topological polar surface area (TPSA) is 54.9 Å². The molecule has 0 bridgehead atoms. The van der Waals surface area contributed by atoms with E-state index in [9.17, 15) is 0 Å². The summed E-state index contributed by atoms with van der Waals surface area (Å²) in [6.45, 7) is 4.93. The van der Waals surface area contributed by atoms with Gasteiger partial charge in [-0.25, -0.2) is 0 Å². The highest BCUT2D eigenvalue weighted by atomic mass is 79.9. The Morgan fingerprint density at radius 3 is 2.87 bits per heavy atom. The molecule has 23 heavy (non-hydrogen) atoms. The molecule has 1 aromatic carbocycles. The van der Waals surface area contributed by atoms with Gasteiger partial charge in [-0.15, -0.1) is 0 Å². The molecule has 1 aliphatic heterocycles. The Hall–Kier alpha value is -1.11. The molecule has 2 N–H and O–H groups in total. The van der Waals surface area contributed by atoms with Crippen LogP contribution < -0.4 is 10.6 Å². The van der Waals surface area contributed by atoms with Crippen LogP contribution in [0.5, 0.6) is 0 Å². The minimum absolute atomic E-state index is 0.586. The van der Waals surface area contributed by atoms with Crippen molar-refractivity contribution < 1.29 is 9.47 Å². The second-order valence-corrected chi connectivity index (χ2v) is 6.55. The number of rotatable bonds is 8. The maximum atomic E-state index is 5.69. The van der Waals surface area contributed by atoms with Crippen LogP contribution in [0.1, 0.15) is 18.4 Å². The Labute approximate surface area is 147 Å². The highest BCUT2D eigenvalue weighted by molar-refractivity contribution is 9.10. The van der Waals surface area contributed by atoms with Gasteiger partial charge in [0.2, 0.25) is 0 Å². The highest BCUT2D eigenvalue weighted by Crippen LogP contribution is 2.12. The molecule has 1 atom stereocenters. The predicted octanol–water partition coefficient (Wildman–Crippen LogP) is 2.56. The van der Waals surface area contributed by atoms with E-state index in [1.807, 2.05) is 12.1 Å². The van der Waals surface area contributed by atoms with Crippen LogP contribution in [-0.4, -0.2) is 46.0 Å². The first-order chi connectivity index (χ1) is 11.3. The van der Waals surface area contributed by atoms with Crippen molar-refractivity contribution >= 4 is 21.9 Å². The van der Waals surface area contributed by atoms with Gasteiger partial charge in [0.05, 0.1) is 13.2 Å². The van der Waals surface area contributed by atoms with Crippen LogP contribution in [0.4, 0.5) is 0 Å². The van der Waals surface area contributed by atoms with E-state index >= 15 is 0 Å². The first kappa shape index (κ1) is 18.2. The lowest BCUT2D eigenvalue weighted by molar-refractivity contribution is 0.0888. The number of halogens is 1. The molecule has 1 saturated heterocycles. The molecule has 128 valence electrons. The number of nitrogens with one attached hydrogen (secondary N) is 2. The fourth-order valence-corrected chi connectivity index (χ4v) is 2.62. The fourth-order valence-electron chi connectivity index (χ4n) is 2.35. The Bertz CT molecular complexity index is 473. The third-order valence-electron chi connectivity index (χ3n) is 3.73. The molecular weight excluding hydrogens is 358 g/mol. The molecule has 0 saturated carbocycles. The van der Waals surface area contributed by atoms with Crippen LogP contribution in [-0.2, 0) is 16.0 Å². The molecule has 0 spiro atoms. The predicted molar refractivity (Wildman–Crippen MR) is 96.7 cm³/mol. The van der Waals surface area contributed by atoms with Crippen LogP contribution in [0.25, 0.3) is 0 Å². The number of ether oxygens (including phenoxy) is 2. The Morgan fingerprint density at radius 2 is 2.17 bits per heavy atom. The summed E-state index contributed by atoms with van der Waals surface area (Å²) in [5.41, 5.74) is 1.22. The first-order valence-corrected chi connectivity index (χ1v) is 8.91. The maximum absolute atomic E-state index is 5.69. The van der Waals surface area contributed by atoms with Gasteiger partial charge in [0.1, 0.15) is 0 Å². The molecule has 0 aliphatic carbocycles. The Morgan fingerprint density at radius 1 is 1.35 bits per heavy atom.